The molecular formula is C28H29Cl3F2N6O3. The number of hydrogen-bond donors (Lipinski definition) is 0. The zero-order valence-corrected chi connectivity index (χ0v) is 25.0. The van der Waals surface area contributed by atoms with Gasteiger partial charge in [0.15, 0.2) is 0 Å². The number of nitrogens with zero attached hydrogens (tertiary/aromatic N) is 6. The minimum Gasteiger partial charge on any atom is -0.450 e. The second-order valence-electron chi connectivity index (χ2n) is 10.2. The Hall–Kier alpha value is -3.15. The molecule has 2 fully saturated rings. The van der Waals surface area contributed by atoms with Crippen molar-refractivity contribution in [1.82, 2.24) is 28.9 Å². The highest BCUT2D eigenvalue weighted by Crippen LogP contribution is 2.32. The molecule has 0 atom stereocenters. The molecule has 0 N–H and O–H groups in total. The molecular weight excluding hydrogens is 613 g/mol. The Morgan fingerprint density at radius 1 is 0.810 bits per heavy atom. The van der Waals surface area contributed by atoms with E-state index in [9.17, 15) is 18.4 Å². The Labute approximate surface area is 255 Å². The molecule has 2 saturated heterocycles. The first-order valence-electron chi connectivity index (χ1n) is 13.7. The molecule has 0 aliphatic carbocycles. The lowest BCUT2D eigenvalue weighted by Crippen LogP contribution is -2.39. The maximum atomic E-state index is 13.3. The number of hydrogen-bond acceptors (Lipinski definition) is 5. The van der Waals surface area contributed by atoms with Gasteiger partial charge < -0.3 is 23.7 Å². The number of amides is 2. The highest BCUT2D eigenvalue weighted by Gasteiger charge is 2.28. The first-order valence-corrected chi connectivity index (χ1v) is 14.8. The van der Waals surface area contributed by atoms with E-state index in [1.807, 2.05) is 9.13 Å². The number of rotatable bonds is 3. The molecule has 4 aromatic rings. The highest BCUT2D eigenvalue weighted by atomic mass is 35.5. The number of aromatic nitrogens is 4. The maximum absolute atomic E-state index is 13.3. The summed E-state index contributed by atoms with van der Waals surface area (Å²) in [6, 6.07) is 9.22. The molecule has 0 bridgehead atoms. The Balaban J connectivity index is 0.000000169. The van der Waals surface area contributed by atoms with Gasteiger partial charge in [-0.2, -0.15) is 0 Å². The molecule has 2 amide bonds. The maximum Gasteiger partial charge on any atom is 0.409 e. The molecule has 224 valence electrons. The van der Waals surface area contributed by atoms with Gasteiger partial charge in [-0.1, -0.05) is 0 Å². The third-order valence-electron chi connectivity index (χ3n) is 7.65. The average Bonchev–Trinajstić information content (AvgIpc) is 3.47. The summed E-state index contributed by atoms with van der Waals surface area (Å²) in [4.78, 5) is 34.5. The number of halogens is 5. The van der Waals surface area contributed by atoms with Gasteiger partial charge in [-0.15, -0.1) is 0 Å². The minimum atomic E-state index is -0.424. The fraction of sp³-hybridized carbons (Fsp3) is 0.429. The molecule has 0 saturated carbocycles. The number of carbonyl (C=O) groups excluding carboxylic acids is 2. The number of imidazole rings is 2. The van der Waals surface area contributed by atoms with Crippen molar-refractivity contribution >= 4 is 68.3 Å². The molecule has 2 aliphatic rings. The van der Waals surface area contributed by atoms with Crippen molar-refractivity contribution in [2.24, 2.45) is 0 Å². The van der Waals surface area contributed by atoms with E-state index in [2.05, 4.69) is 9.97 Å². The Kier molecular flexibility index (Phi) is 9.39. The first-order chi connectivity index (χ1) is 20.2. The molecule has 9 nitrogen and oxygen atoms in total. The zero-order chi connectivity index (χ0) is 30.0. The smallest absolute Gasteiger partial charge is 0.409 e. The van der Waals surface area contributed by atoms with Crippen LogP contribution in [0.5, 0.6) is 0 Å². The van der Waals surface area contributed by atoms with Crippen molar-refractivity contribution in [3.63, 3.8) is 0 Å². The molecule has 0 radical (unpaired) electrons. The molecule has 42 heavy (non-hydrogen) atoms. The number of carbonyl (C=O) groups is 2. The summed E-state index contributed by atoms with van der Waals surface area (Å²) in [6.45, 7) is 4.57. The molecule has 0 unspecified atom stereocenters. The van der Waals surface area contributed by atoms with Gasteiger partial charge in [0.1, 0.15) is 11.6 Å². The van der Waals surface area contributed by atoms with Crippen LogP contribution in [0.15, 0.2) is 36.4 Å². The van der Waals surface area contributed by atoms with E-state index in [0.29, 0.717) is 54.4 Å². The van der Waals surface area contributed by atoms with Gasteiger partial charge >= 0.3 is 11.5 Å². The van der Waals surface area contributed by atoms with Crippen LogP contribution in [-0.2, 0) is 4.74 Å². The van der Waals surface area contributed by atoms with E-state index in [1.165, 1.54) is 24.3 Å². The van der Waals surface area contributed by atoms with Crippen molar-refractivity contribution in [3.8, 4) is 0 Å². The van der Waals surface area contributed by atoms with Crippen LogP contribution in [0.4, 0.5) is 18.4 Å². The van der Waals surface area contributed by atoms with Gasteiger partial charge in [0.05, 0.1) is 28.7 Å². The van der Waals surface area contributed by atoms with E-state index < -0.39 is 5.37 Å². The minimum absolute atomic E-state index is 0.144. The summed E-state index contributed by atoms with van der Waals surface area (Å²) >= 11 is 17.9. The zero-order valence-electron chi connectivity index (χ0n) is 22.8. The number of benzene rings is 2. The molecule has 14 heteroatoms. The molecule has 2 aliphatic heterocycles. The van der Waals surface area contributed by atoms with Gasteiger partial charge in [0, 0.05) is 50.4 Å². The Bertz CT molecular complexity index is 1600. The van der Waals surface area contributed by atoms with E-state index in [4.69, 9.17) is 39.5 Å². The molecule has 6 rings (SSSR count). The number of ether oxygens (including phenoxy) is 1. The normalized spacial score (nSPS) is 16.5. The second-order valence-corrected chi connectivity index (χ2v) is 11.2. The SMILES string of the molecule is CCOC(=O)N1CCC(n2c(Cl)nc3cc(F)ccc32)CC1.O=C(Cl)N1CCC(n2c(Cl)nc3cc(F)ccc32)CC1. The topological polar surface area (TPSA) is 85.5 Å². The third kappa shape index (κ3) is 6.43. The van der Waals surface area contributed by atoms with Gasteiger partial charge in [-0.25, -0.2) is 23.5 Å². The lowest BCUT2D eigenvalue weighted by atomic mass is 10.0. The summed E-state index contributed by atoms with van der Waals surface area (Å²) in [7, 11) is 0. The predicted molar refractivity (Wildman–Crippen MR) is 157 cm³/mol. The fourth-order valence-corrected chi connectivity index (χ4v) is 6.41. The van der Waals surface area contributed by atoms with Crippen LogP contribution in [0.3, 0.4) is 0 Å². The highest BCUT2D eigenvalue weighted by molar-refractivity contribution is 6.62. The van der Waals surface area contributed by atoms with E-state index in [0.717, 1.165) is 36.7 Å². The van der Waals surface area contributed by atoms with Crippen LogP contribution < -0.4 is 0 Å². The summed E-state index contributed by atoms with van der Waals surface area (Å²) in [5.41, 5.74) is 2.73. The largest absolute Gasteiger partial charge is 0.450 e. The summed E-state index contributed by atoms with van der Waals surface area (Å²) in [6.07, 6.45) is 2.76. The van der Waals surface area contributed by atoms with Crippen LogP contribution in [0.2, 0.25) is 10.6 Å². The van der Waals surface area contributed by atoms with E-state index in [1.54, 1.807) is 28.9 Å². The van der Waals surface area contributed by atoms with Crippen LogP contribution in [0.1, 0.15) is 44.7 Å². The quantitative estimate of drug-likeness (QED) is 0.171. The summed E-state index contributed by atoms with van der Waals surface area (Å²) < 4.78 is 35.3. The lowest BCUT2D eigenvalue weighted by molar-refractivity contribution is 0.0930. The average molecular weight is 642 g/mol. The Morgan fingerprint density at radius 2 is 1.24 bits per heavy atom. The van der Waals surface area contributed by atoms with Crippen LogP contribution in [-0.4, -0.2) is 73.1 Å². The third-order valence-corrected chi connectivity index (χ3v) is 8.42. The van der Waals surface area contributed by atoms with Gasteiger partial charge in [0.2, 0.25) is 10.6 Å². The van der Waals surface area contributed by atoms with Crippen LogP contribution in [0.25, 0.3) is 22.1 Å². The van der Waals surface area contributed by atoms with Crippen molar-refractivity contribution in [3.05, 3.63) is 58.6 Å². The van der Waals surface area contributed by atoms with Crippen molar-refractivity contribution < 1.29 is 23.1 Å². The number of piperidine rings is 2. The Morgan fingerprint density at radius 3 is 1.64 bits per heavy atom. The molecule has 2 aromatic heterocycles. The standard InChI is InChI=1S/C15H17ClFN3O2.C13H12Cl2FN3O/c1-2-22-15(21)19-7-5-11(6-8-19)20-13-4-3-10(17)9-12(13)18-14(20)16;14-12-17-10-7-8(16)1-2-11(10)19(12)9-3-5-18(6-4-9)13(15)20/h3-4,9,11H,2,5-8H2,1H3;1-2,7,9H,3-6H2. The summed E-state index contributed by atoms with van der Waals surface area (Å²) in [5.74, 6) is -0.660. The van der Waals surface area contributed by atoms with Crippen LogP contribution in [0, 0.1) is 11.6 Å². The number of fused-ring (bicyclic) bond motifs is 2. The van der Waals surface area contributed by atoms with Gasteiger partial charge in [-0.3, -0.25) is 4.79 Å². The monoisotopic (exact) mass is 640 g/mol. The summed E-state index contributed by atoms with van der Waals surface area (Å²) in [5, 5.41) is 0.281. The van der Waals surface area contributed by atoms with Crippen molar-refractivity contribution in [2.75, 3.05) is 32.8 Å². The lowest BCUT2D eigenvalue weighted by Gasteiger charge is -2.32. The molecule has 2 aromatic carbocycles. The first kappa shape index (κ1) is 30.3. The van der Waals surface area contributed by atoms with Crippen molar-refractivity contribution in [2.45, 2.75) is 44.7 Å². The van der Waals surface area contributed by atoms with E-state index in [-0.39, 0.29) is 29.8 Å². The number of likely N-dealkylation sites (tertiary alicyclic amines) is 2. The predicted octanol–water partition coefficient (Wildman–Crippen LogP) is 7.45. The second kappa shape index (κ2) is 13.0. The molecule has 4 heterocycles. The van der Waals surface area contributed by atoms with Crippen molar-refractivity contribution in [1.29, 1.82) is 0 Å². The van der Waals surface area contributed by atoms with Gasteiger partial charge in [-0.05, 0) is 91.7 Å². The van der Waals surface area contributed by atoms with Crippen LogP contribution >= 0.6 is 34.8 Å². The van der Waals surface area contributed by atoms with E-state index >= 15 is 0 Å². The fourth-order valence-electron chi connectivity index (χ4n) is 5.60. The van der Waals surface area contributed by atoms with Gasteiger partial charge in [0.25, 0.3) is 0 Å². The molecule has 0 spiro atoms.